The summed E-state index contributed by atoms with van der Waals surface area (Å²) in [5.41, 5.74) is 2.34. The van der Waals surface area contributed by atoms with Crippen LogP contribution in [0.4, 0.5) is 4.79 Å². The average molecular weight is 711 g/mol. The summed E-state index contributed by atoms with van der Waals surface area (Å²) in [4.78, 5) is 28.4. The van der Waals surface area contributed by atoms with E-state index >= 15 is 0 Å². The number of sulfonamides is 1. The molecule has 0 radical (unpaired) electrons. The molecule has 4 aromatic rings. The highest BCUT2D eigenvalue weighted by Crippen LogP contribution is 2.36. The van der Waals surface area contributed by atoms with Gasteiger partial charge in [-0.15, -0.1) is 0 Å². The van der Waals surface area contributed by atoms with Crippen LogP contribution in [0.1, 0.15) is 35.2 Å². The molecule has 1 heterocycles. The molecule has 1 aliphatic rings. The first-order valence-corrected chi connectivity index (χ1v) is 16.8. The van der Waals surface area contributed by atoms with E-state index in [0.717, 1.165) is 16.0 Å². The Balaban J connectivity index is 1.48. The lowest BCUT2D eigenvalue weighted by Crippen LogP contribution is -2.45. The number of carbonyl (C=O) groups is 2. The van der Waals surface area contributed by atoms with Gasteiger partial charge in [0, 0.05) is 4.43 Å². The summed E-state index contributed by atoms with van der Waals surface area (Å²) < 4.78 is 41.8. The molecule has 2 amide bonds. The van der Waals surface area contributed by atoms with E-state index in [1.165, 1.54) is 12.1 Å². The molecule has 8 nitrogen and oxygen atoms in total. The molecule has 0 saturated carbocycles. The molecular formula is C33H31IN2O6S. The molecule has 4 aromatic carbocycles. The SMILES string of the molecule is O=C1OC[C@H](c2ccccc2)N1C(=O)[C@H](CCI)[C@H](NS(=O)(=O)c1ccccc1)c1ccc(OCc2ccccc2)cc1. The third kappa shape index (κ3) is 7.43. The number of benzene rings is 4. The minimum Gasteiger partial charge on any atom is -0.489 e. The van der Waals surface area contributed by atoms with Gasteiger partial charge in [-0.05, 0) is 47.4 Å². The number of halogens is 1. The van der Waals surface area contributed by atoms with Crippen LogP contribution in [0.15, 0.2) is 120 Å². The van der Waals surface area contributed by atoms with Crippen molar-refractivity contribution in [2.75, 3.05) is 11.0 Å². The maximum Gasteiger partial charge on any atom is 0.417 e. The van der Waals surface area contributed by atoms with Crippen LogP contribution in [0.5, 0.6) is 5.75 Å². The number of imide groups is 1. The molecule has 1 aliphatic heterocycles. The second kappa shape index (κ2) is 14.2. The molecule has 222 valence electrons. The predicted octanol–water partition coefficient (Wildman–Crippen LogP) is 6.45. The van der Waals surface area contributed by atoms with Gasteiger partial charge < -0.3 is 9.47 Å². The fourth-order valence-corrected chi connectivity index (χ4v) is 7.00. The second-order valence-corrected chi connectivity index (χ2v) is 12.8. The van der Waals surface area contributed by atoms with Crippen LogP contribution >= 0.6 is 22.6 Å². The summed E-state index contributed by atoms with van der Waals surface area (Å²) in [6.45, 7) is 0.400. The third-order valence-corrected chi connectivity index (χ3v) is 9.34. The third-order valence-electron chi connectivity index (χ3n) is 7.26. The van der Waals surface area contributed by atoms with E-state index in [9.17, 15) is 18.0 Å². The summed E-state index contributed by atoms with van der Waals surface area (Å²) in [6.07, 6.45) is -0.425. The zero-order valence-electron chi connectivity index (χ0n) is 23.2. The van der Waals surface area contributed by atoms with Crippen LogP contribution in [0, 0.1) is 5.92 Å². The number of cyclic esters (lactones) is 1. The Kier molecular flexibility index (Phi) is 10.1. The number of alkyl halides is 1. The number of nitrogens with one attached hydrogen (secondary N) is 1. The highest BCUT2D eigenvalue weighted by Gasteiger charge is 2.44. The smallest absolute Gasteiger partial charge is 0.417 e. The highest BCUT2D eigenvalue weighted by atomic mass is 127. The zero-order valence-corrected chi connectivity index (χ0v) is 26.2. The molecule has 0 spiro atoms. The summed E-state index contributed by atoms with van der Waals surface area (Å²) in [5, 5.41) is 0. The van der Waals surface area contributed by atoms with Crippen molar-refractivity contribution in [3.05, 3.63) is 132 Å². The van der Waals surface area contributed by atoms with Crippen LogP contribution in [0.3, 0.4) is 0 Å². The van der Waals surface area contributed by atoms with Crippen molar-refractivity contribution >= 4 is 44.6 Å². The van der Waals surface area contributed by atoms with Gasteiger partial charge in [0.05, 0.1) is 16.9 Å². The monoisotopic (exact) mass is 710 g/mol. The van der Waals surface area contributed by atoms with Crippen molar-refractivity contribution in [2.24, 2.45) is 5.92 Å². The van der Waals surface area contributed by atoms with Crippen molar-refractivity contribution in [1.29, 1.82) is 0 Å². The number of nitrogens with zero attached hydrogens (tertiary/aromatic N) is 1. The molecule has 0 aliphatic carbocycles. The first kappa shape index (κ1) is 30.7. The van der Waals surface area contributed by atoms with Crippen LogP contribution in [0.25, 0.3) is 0 Å². The van der Waals surface area contributed by atoms with Crippen LogP contribution < -0.4 is 9.46 Å². The number of hydrogen-bond donors (Lipinski definition) is 1. The molecule has 1 N–H and O–H groups in total. The molecule has 10 heteroatoms. The Morgan fingerprint density at radius 2 is 1.51 bits per heavy atom. The molecule has 43 heavy (non-hydrogen) atoms. The largest absolute Gasteiger partial charge is 0.489 e. The minimum atomic E-state index is -4.03. The Bertz CT molecular complexity index is 1620. The van der Waals surface area contributed by atoms with Crippen LogP contribution in [-0.2, 0) is 26.2 Å². The van der Waals surface area contributed by atoms with E-state index in [1.807, 2.05) is 60.7 Å². The quantitative estimate of drug-likeness (QED) is 0.134. The van der Waals surface area contributed by atoms with Gasteiger partial charge in [0.15, 0.2) is 0 Å². The molecular weight excluding hydrogens is 679 g/mol. The predicted molar refractivity (Wildman–Crippen MR) is 171 cm³/mol. The van der Waals surface area contributed by atoms with Crippen molar-refractivity contribution < 1.29 is 27.5 Å². The Morgan fingerprint density at radius 3 is 2.14 bits per heavy atom. The van der Waals surface area contributed by atoms with Gasteiger partial charge in [-0.2, -0.15) is 0 Å². The summed E-state index contributed by atoms with van der Waals surface area (Å²) in [7, 11) is -4.03. The van der Waals surface area contributed by atoms with Crippen molar-refractivity contribution in [3.63, 3.8) is 0 Å². The first-order chi connectivity index (χ1) is 20.9. The van der Waals surface area contributed by atoms with E-state index in [1.54, 1.807) is 42.5 Å². The van der Waals surface area contributed by atoms with Gasteiger partial charge in [-0.1, -0.05) is 114 Å². The molecule has 0 unspecified atom stereocenters. The van der Waals surface area contributed by atoms with E-state index in [0.29, 0.717) is 28.8 Å². The van der Waals surface area contributed by atoms with Gasteiger partial charge in [0.25, 0.3) is 0 Å². The minimum absolute atomic E-state index is 0.0272. The van der Waals surface area contributed by atoms with E-state index in [-0.39, 0.29) is 11.5 Å². The zero-order chi connectivity index (χ0) is 30.2. The molecule has 5 rings (SSSR count). The Hall–Kier alpha value is -3.74. The maximum absolute atomic E-state index is 14.3. The van der Waals surface area contributed by atoms with Gasteiger partial charge in [-0.25, -0.2) is 22.8 Å². The second-order valence-electron chi connectivity index (χ2n) is 10.1. The van der Waals surface area contributed by atoms with Crippen molar-refractivity contribution in [2.45, 2.75) is 30.0 Å². The topological polar surface area (TPSA) is 102 Å². The van der Waals surface area contributed by atoms with Crippen LogP contribution in [0.2, 0.25) is 0 Å². The van der Waals surface area contributed by atoms with Gasteiger partial charge in [-0.3, -0.25) is 4.79 Å². The Labute approximate surface area is 265 Å². The summed E-state index contributed by atoms with van der Waals surface area (Å²) in [5.74, 6) is -0.803. The van der Waals surface area contributed by atoms with Gasteiger partial charge in [0.2, 0.25) is 15.9 Å². The fraction of sp³-hybridized carbons (Fsp3) is 0.212. The van der Waals surface area contributed by atoms with E-state index < -0.39 is 40.0 Å². The molecule has 1 fully saturated rings. The lowest BCUT2D eigenvalue weighted by atomic mass is 9.89. The molecule has 1 saturated heterocycles. The van der Waals surface area contributed by atoms with Crippen LogP contribution in [-0.4, -0.2) is 36.4 Å². The molecule has 3 atom stereocenters. The molecule has 0 aromatic heterocycles. The van der Waals surface area contributed by atoms with Gasteiger partial charge in [0.1, 0.15) is 25.0 Å². The normalized spacial score (nSPS) is 16.3. The lowest BCUT2D eigenvalue weighted by molar-refractivity contribution is -0.134. The Morgan fingerprint density at radius 1 is 0.907 bits per heavy atom. The lowest BCUT2D eigenvalue weighted by Gasteiger charge is -2.31. The van der Waals surface area contributed by atoms with Crippen molar-refractivity contribution in [3.8, 4) is 5.75 Å². The number of ether oxygens (including phenoxy) is 2. The van der Waals surface area contributed by atoms with Gasteiger partial charge >= 0.3 is 6.09 Å². The summed E-state index contributed by atoms with van der Waals surface area (Å²) >= 11 is 2.16. The fourth-order valence-electron chi connectivity index (χ4n) is 5.04. The number of carbonyl (C=O) groups excluding carboxylic acids is 2. The average Bonchev–Trinajstić information content (AvgIpc) is 3.44. The number of rotatable bonds is 12. The van der Waals surface area contributed by atoms with Crippen molar-refractivity contribution in [1.82, 2.24) is 9.62 Å². The van der Waals surface area contributed by atoms with E-state index in [4.69, 9.17) is 9.47 Å². The number of amides is 2. The standard InChI is InChI=1S/C33H31IN2O6S/c34-21-20-29(32(37)36-30(23-42-33(36)38)25-12-6-2-7-13-25)31(35-43(39,40)28-14-8-3-9-15-28)26-16-18-27(19-17-26)41-22-24-10-4-1-5-11-24/h1-19,29-31,35H,20-23H2/t29-,30-,31-/m1/s1. The van der Waals surface area contributed by atoms with E-state index in [2.05, 4.69) is 27.3 Å². The summed E-state index contributed by atoms with van der Waals surface area (Å²) in [6, 6.07) is 32.4. The maximum atomic E-state index is 14.3. The highest BCUT2D eigenvalue weighted by molar-refractivity contribution is 14.1. The number of hydrogen-bond acceptors (Lipinski definition) is 6. The molecule has 0 bridgehead atoms. The first-order valence-electron chi connectivity index (χ1n) is 13.8.